The zero-order valence-electron chi connectivity index (χ0n) is 10.5. The maximum absolute atomic E-state index is 9.87. The zero-order valence-corrected chi connectivity index (χ0v) is 10.5. The largest absolute Gasteiger partial charge is 0.490 e. The summed E-state index contributed by atoms with van der Waals surface area (Å²) in [4.78, 5) is 0. The van der Waals surface area contributed by atoms with E-state index in [0.29, 0.717) is 17.9 Å². The van der Waals surface area contributed by atoms with Gasteiger partial charge in [0, 0.05) is 5.56 Å². The molecule has 0 heterocycles. The second kappa shape index (κ2) is 5.68. The van der Waals surface area contributed by atoms with Crippen LogP contribution in [0.2, 0.25) is 0 Å². The minimum Gasteiger partial charge on any atom is -0.490 e. The number of aliphatic hydroxyl groups is 1. The van der Waals surface area contributed by atoms with Gasteiger partial charge in [0.1, 0.15) is 12.4 Å². The lowest BCUT2D eigenvalue weighted by Crippen LogP contribution is -2.31. The first-order valence-electron chi connectivity index (χ1n) is 5.63. The molecule has 0 spiro atoms. The van der Waals surface area contributed by atoms with Gasteiger partial charge in [0.05, 0.1) is 11.3 Å². The third-order valence-corrected chi connectivity index (χ3v) is 2.73. The summed E-state index contributed by atoms with van der Waals surface area (Å²) in [6, 6.07) is 7.28. The Bertz CT molecular complexity index is 399. The third-order valence-electron chi connectivity index (χ3n) is 2.73. The van der Waals surface area contributed by atoms with Crippen LogP contribution >= 0.6 is 0 Å². The molecule has 0 amide bonds. The fraction of sp³-hybridized carbons (Fsp3) is 0.462. The average molecular weight is 237 g/mol. The predicted octanol–water partition coefficient (Wildman–Crippen LogP) is 2.42. The topological polar surface area (TPSA) is 62.0 Å². The van der Waals surface area contributed by atoms with Crippen LogP contribution in [-0.4, -0.2) is 28.2 Å². The summed E-state index contributed by atoms with van der Waals surface area (Å²) in [6.45, 7) is 5.53. The highest BCUT2D eigenvalue weighted by atomic mass is 16.5. The van der Waals surface area contributed by atoms with Crippen molar-refractivity contribution < 1.29 is 15.1 Å². The van der Waals surface area contributed by atoms with Gasteiger partial charge in [-0.05, 0) is 32.4 Å². The van der Waals surface area contributed by atoms with Gasteiger partial charge in [-0.25, -0.2) is 0 Å². The van der Waals surface area contributed by atoms with E-state index in [1.165, 1.54) is 0 Å². The van der Waals surface area contributed by atoms with E-state index in [0.717, 1.165) is 5.56 Å². The van der Waals surface area contributed by atoms with Crippen LogP contribution in [0.15, 0.2) is 29.4 Å². The van der Waals surface area contributed by atoms with E-state index in [2.05, 4.69) is 5.16 Å². The lowest BCUT2D eigenvalue weighted by Gasteiger charge is -2.22. The molecule has 0 radical (unpaired) electrons. The number of oxime groups is 1. The van der Waals surface area contributed by atoms with Gasteiger partial charge in [0.25, 0.3) is 0 Å². The van der Waals surface area contributed by atoms with Crippen molar-refractivity contribution in [3.8, 4) is 5.75 Å². The van der Waals surface area contributed by atoms with E-state index in [4.69, 9.17) is 9.94 Å². The van der Waals surface area contributed by atoms with E-state index in [1.807, 2.05) is 25.1 Å². The number of rotatable bonds is 5. The van der Waals surface area contributed by atoms with E-state index >= 15 is 0 Å². The Balaban J connectivity index is 2.85. The van der Waals surface area contributed by atoms with E-state index in [-0.39, 0.29) is 6.61 Å². The minimum atomic E-state index is -0.850. The molecule has 1 unspecified atom stereocenters. The van der Waals surface area contributed by atoms with Crippen LogP contribution in [0, 0.1) is 0 Å². The maximum Gasteiger partial charge on any atom is 0.128 e. The molecule has 0 bridgehead atoms. The first kappa shape index (κ1) is 13.5. The molecule has 0 aromatic heterocycles. The summed E-state index contributed by atoms with van der Waals surface area (Å²) in [7, 11) is 0. The Morgan fingerprint density at radius 1 is 1.41 bits per heavy atom. The standard InChI is InChI=1S/C13H19NO3/c1-4-13(3,15)9-17-12-8-6-5-7-11(12)10(2)14-16/h5-8,15-16H,4,9H2,1-3H3/b14-10+. The number of para-hydroxylation sites is 1. The molecule has 0 saturated heterocycles. The highest BCUT2D eigenvalue weighted by molar-refractivity contribution is 6.00. The molecule has 2 N–H and O–H groups in total. The minimum absolute atomic E-state index is 0.208. The van der Waals surface area contributed by atoms with Crippen LogP contribution in [0.5, 0.6) is 5.75 Å². The molecule has 0 aliphatic rings. The second-order valence-corrected chi connectivity index (χ2v) is 4.32. The highest BCUT2D eigenvalue weighted by Gasteiger charge is 2.19. The first-order valence-corrected chi connectivity index (χ1v) is 5.63. The first-order chi connectivity index (χ1) is 8.00. The molecule has 0 aliphatic heterocycles. The van der Waals surface area contributed by atoms with Crippen molar-refractivity contribution in [2.75, 3.05) is 6.61 Å². The van der Waals surface area contributed by atoms with Crippen LogP contribution in [0.3, 0.4) is 0 Å². The molecular formula is C13H19NO3. The van der Waals surface area contributed by atoms with Crippen molar-refractivity contribution in [2.45, 2.75) is 32.8 Å². The normalized spacial score (nSPS) is 15.4. The van der Waals surface area contributed by atoms with Gasteiger partial charge in [0.2, 0.25) is 0 Å². The quantitative estimate of drug-likeness (QED) is 0.469. The number of hydrogen-bond acceptors (Lipinski definition) is 4. The summed E-state index contributed by atoms with van der Waals surface area (Å²) in [5.74, 6) is 0.608. The van der Waals surface area contributed by atoms with Crippen LogP contribution < -0.4 is 4.74 Å². The smallest absolute Gasteiger partial charge is 0.128 e. The SMILES string of the molecule is CCC(C)(O)COc1ccccc1/C(C)=N/O. The van der Waals surface area contributed by atoms with E-state index < -0.39 is 5.60 Å². The Kier molecular flexibility index (Phi) is 4.52. The second-order valence-electron chi connectivity index (χ2n) is 4.32. The van der Waals surface area contributed by atoms with Crippen molar-refractivity contribution in [3.05, 3.63) is 29.8 Å². The fourth-order valence-corrected chi connectivity index (χ4v) is 1.28. The molecule has 4 heteroatoms. The molecule has 0 saturated carbocycles. The molecular weight excluding hydrogens is 218 g/mol. The van der Waals surface area contributed by atoms with Gasteiger partial charge in [-0.3, -0.25) is 0 Å². The highest BCUT2D eigenvalue weighted by Crippen LogP contribution is 2.21. The summed E-state index contributed by atoms with van der Waals surface area (Å²) in [5.41, 5.74) is 0.357. The van der Waals surface area contributed by atoms with Gasteiger partial charge in [0.15, 0.2) is 0 Å². The summed E-state index contributed by atoms with van der Waals surface area (Å²) < 4.78 is 5.57. The summed E-state index contributed by atoms with van der Waals surface area (Å²) in [5, 5.41) is 21.8. The average Bonchev–Trinajstić information content (AvgIpc) is 2.36. The lowest BCUT2D eigenvalue weighted by atomic mass is 10.1. The van der Waals surface area contributed by atoms with Crippen LogP contribution in [0.25, 0.3) is 0 Å². The Hall–Kier alpha value is -1.55. The van der Waals surface area contributed by atoms with Crippen LogP contribution in [0.4, 0.5) is 0 Å². The third kappa shape index (κ3) is 3.75. The zero-order chi connectivity index (χ0) is 12.9. The van der Waals surface area contributed by atoms with Gasteiger partial charge in [-0.2, -0.15) is 0 Å². The molecule has 4 nitrogen and oxygen atoms in total. The van der Waals surface area contributed by atoms with Crippen LogP contribution in [0.1, 0.15) is 32.8 Å². The molecule has 1 rings (SSSR count). The number of hydrogen-bond donors (Lipinski definition) is 2. The molecule has 1 atom stereocenters. The van der Waals surface area contributed by atoms with Crippen molar-refractivity contribution in [1.82, 2.24) is 0 Å². The van der Waals surface area contributed by atoms with Crippen molar-refractivity contribution >= 4 is 5.71 Å². The molecule has 1 aromatic rings. The van der Waals surface area contributed by atoms with Gasteiger partial charge >= 0.3 is 0 Å². The van der Waals surface area contributed by atoms with Crippen molar-refractivity contribution in [1.29, 1.82) is 0 Å². The van der Waals surface area contributed by atoms with Gasteiger partial charge in [-0.15, -0.1) is 0 Å². The fourth-order valence-electron chi connectivity index (χ4n) is 1.28. The van der Waals surface area contributed by atoms with Crippen LogP contribution in [-0.2, 0) is 0 Å². The Morgan fingerprint density at radius 3 is 2.65 bits per heavy atom. The monoisotopic (exact) mass is 237 g/mol. The maximum atomic E-state index is 9.87. The van der Waals surface area contributed by atoms with Crippen molar-refractivity contribution in [2.24, 2.45) is 5.16 Å². The summed E-state index contributed by atoms with van der Waals surface area (Å²) in [6.07, 6.45) is 0.613. The molecule has 94 valence electrons. The number of nitrogens with zero attached hydrogens (tertiary/aromatic N) is 1. The molecule has 17 heavy (non-hydrogen) atoms. The number of benzene rings is 1. The van der Waals surface area contributed by atoms with Crippen molar-refractivity contribution in [3.63, 3.8) is 0 Å². The molecule has 1 aromatic carbocycles. The van der Waals surface area contributed by atoms with E-state index in [9.17, 15) is 5.11 Å². The van der Waals surface area contributed by atoms with Gasteiger partial charge in [-0.1, -0.05) is 24.2 Å². The molecule has 0 aliphatic carbocycles. The lowest BCUT2D eigenvalue weighted by molar-refractivity contribution is 0.00841. The number of ether oxygens (including phenoxy) is 1. The van der Waals surface area contributed by atoms with E-state index in [1.54, 1.807) is 19.9 Å². The predicted molar refractivity (Wildman–Crippen MR) is 66.8 cm³/mol. The van der Waals surface area contributed by atoms with Gasteiger partial charge < -0.3 is 15.1 Å². The summed E-state index contributed by atoms with van der Waals surface area (Å²) >= 11 is 0. The Morgan fingerprint density at radius 2 is 2.06 bits per heavy atom. The molecule has 0 fully saturated rings. The Labute approximate surface area is 102 Å².